The molecule has 1 unspecified atom stereocenters. The molecule has 0 saturated heterocycles. The molecule has 30 heavy (non-hydrogen) atoms. The Hall–Kier alpha value is -2.62. The lowest BCUT2D eigenvalue weighted by Gasteiger charge is -2.33. The predicted molar refractivity (Wildman–Crippen MR) is 123 cm³/mol. The van der Waals surface area contributed by atoms with Gasteiger partial charge in [-0.05, 0) is 70.2 Å². The van der Waals surface area contributed by atoms with Gasteiger partial charge in [0, 0.05) is 12.1 Å². The fraction of sp³-hybridized carbons (Fsp3) is 0.462. The van der Waals surface area contributed by atoms with Gasteiger partial charge < -0.3 is 10.2 Å². The predicted octanol–water partition coefficient (Wildman–Crippen LogP) is 4.88. The normalized spacial score (nSPS) is 12.4. The van der Waals surface area contributed by atoms with Gasteiger partial charge in [-0.3, -0.25) is 9.59 Å². The first-order valence-corrected chi connectivity index (χ1v) is 10.7. The van der Waals surface area contributed by atoms with Crippen LogP contribution in [0.25, 0.3) is 0 Å². The van der Waals surface area contributed by atoms with Crippen molar-refractivity contribution in [3.63, 3.8) is 0 Å². The molecule has 0 fully saturated rings. The van der Waals surface area contributed by atoms with E-state index in [1.165, 1.54) is 16.7 Å². The van der Waals surface area contributed by atoms with Crippen molar-refractivity contribution in [1.29, 1.82) is 0 Å². The number of carbonyl (C=O) groups excluding carboxylic acids is 2. The van der Waals surface area contributed by atoms with Crippen molar-refractivity contribution in [2.24, 2.45) is 0 Å². The van der Waals surface area contributed by atoms with Crippen molar-refractivity contribution in [3.05, 3.63) is 70.3 Å². The van der Waals surface area contributed by atoms with E-state index in [1.807, 2.05) is 71.0 Å². The highest BCUT2D eigenvalue weighted by molar-refractivity contribution is 5.88. The summed E-state index contributed by atoms with van der Waals surface area (Å²) in [6, 6.07) is 13.7. The largest absolute Gasteiger partial charge is 0.350 e. The molecule has 0 saturated carbocycles. The maximum atomic E-state index is 13.4. The molecule has 0 aliphatic carbocycles. The first-order valence-electron chi connectivity index (χ1n) is 10.7. The molecule has 0 heterocycles. The highest BCUT2D eigenvalue weighted by Crippen LogP contribution is 2.17. The van der Waals surface area contributed by atoms with Crippen LogP contribution in [-0.2, 0) is 22.6 Å². The number of nitrogens with zero attached hydrogens (tertiary/aromatic N) is 1. The van der Waals surface area contributed by atoms with Crippen molar-refractivity contribution >= 4 is 11.8 Å². The Morgan fingerprint density at radius 3 is 2.07 bits per heavy atom. The lowest BCUT2D eigenvalue weighted by atomic mass is 10.0. The molecule has 4 heteroatoms. The standard InChI is InChI=1S/C26H36N2O2/c1-8-23(25(30)27-26(5,6)7)28(17-21-12-9-18(2)10-13-21)24(29)16-22-14-11-19(3)20(4)15-22/h9-15,23H,8,16-17H2,1-7H3,(H,27,30). The highest BCUT2D eigenvalue weighted by Gasteiger charge is 2.30. The third-order valence-corrected chi connectivity index (χ3v) is 5.28. The summed E-state index contributed by atoms with van der Waals surface area (Å²) in [5.41, 5.74) is 5.20. The quantitative estimate of drug-likeness (QED) is 0.710. The molecule has 2 rings (SSSR count). The summed E-state index contributed by atoms with van der Waals surface area (Å²) in [6.07, 6.45) is 0.846. The molecule has 0 aliphatic heterocycles. The second kappa shape index (κ2) is 9.92. The van der Waals surface area contributed by atoms with Gasteiger partial charge in [-0.2, -0.15) is 0 Å². The summed E-state index contributed by atoms with van der Waals surface area (Å²) < 4.78 is 0. The maximum absolute atomic E-state index is 13.4. The van der Waals surface area contributed by atoms with Crippen molar-refractivity contribution < 1.29 is 9.59 Å². The van der Waals surface area contributed by atoms with Crippen LogP contribution >= 0.6 is 0 Å². The van der Waals surface area contributed by atoms with Gasteiger partial charge in [0.15, 0.2) is 0 Å². The summed E-state index contributed by atoms with van der Waals surface area (Å²) in [5, 5.41) is 3.05. The molecule has 0 bridgehead atoms. The lowest BCUT2D eigenvalue weighted by Crippen LogP contribution is -2.53. The van der Waals surface area contributed by atoms with Crippen molar-refractivity contribution in [1.82, 2.24) is 10.2 Å². The molecule has 2 amide bonds. The summed E-state index contributed by atoms with van der Waals surface area (Å²) >= 11 is 0. The molecular weight excluding hydrogens is 372 g/mol. The zero-order valence-corrected chi connectivity index (χ0v) is 19.5. The van der Waals surface area contributed by atoms with Gasteiger partial charge in [0.05, 0.1) is 6.42 Å². The Morgan fingerprint density at radius 1 is 0.933 bits per heavy atom. The monoisotopic (exact) mass is 408 g/mol. The minimum Gasteiger partial charge on any atom is -0.350 e. The Bertz CT molecular complexity index is 879. The van der Waals surface area contributed by atoms with Gasteiger partial charge in [0.1, 0.15) is 6.04 Å². The number of amides is 2. The molecule has 1 N–H and O–H groups in total. The van der Waals surface area contributed by atoms with E-state index in [2.05, 4.69) is 25.2 Å². The molecule has 2 aromatic rings. The van der Waals surface area contributed by atoms with E-state index < -0.39 is 6.04 Å². The van der Waals surface area contributed by atoms with Crippen molar-refractivity contribution in [2.45, 2.75) is 79.4 Å². The number of hydrogen-bond acceptors (Lipinski definition) is 2. The molecule has 162 valence electrons. The third kappa shape index (κ3) is 6.72. The number of hydrogen-bond donors (Lipinski definition) is 1. The zero-order valence-electron chi connectivity index (χ0n) is 19.5. The molecule has 2 aromatic carbocycles. The van der Waals surface area contributed by atoms with E-state index in [0.29, 0.717) is 13.0 Å². The Labute approximate surface area is 181 Å². The summed E-state index contributed by atoms with van der Waals surface area (Å²) in [7, 11) is 0. The van der Waals surface area contributed by atoms with E-state index >= 15 is 0 Å². The fourth-order valence-corrected chi connectivity index (χ4v) is 3.45. The Balaban J connectivity index is 2.32. The van der Waals surface area contributed by atoms with Gasteiger partial charge in [-0.1, -0.05) is 55.0 Å². The van der Waals surface area contributed by atoms with Gasteiger partial charge in [0.2, 0.25) is 11.8 Å². The van der Waals surface area contributed by atoms with Crippen LogP contribution in [0.3, 0.4) is 0 Å². The van der Waals surface area contributed by atoms with Crippen LogP contribution in [0.5, 0.6) is 0 Å². The van der Waals surface area contributed by atoms with Gasteiger partial charge in [0.25, 0.3) is 0 Å². The van der Waals surface area contributed by atoms with Gasteiger partial charge >= 0.3 is 0 Å². The third-order valence-electron chi connectivity index (χ3n) is 5.28. The highest BCUT2D eigenvalue weighted by atomic mass is 16.2. The van der Waals surface area contributed by atoms with Crippen LogP contribution < -0.4 is 5.32 Å². The minimum atomic E-state index is -0.510. The summed E-state index contributed by atoms with van der Waals surface area (Å²) in [5.74, 6) is -0.139. The SMILES string of the molecule is CCC(C(=O)NC(C)(C)C)N(Cc1ccc(C)cc1)C(=O)Cc1ccc(C)c(C)c1. The summed E-state index contributed by atoms with van der Waals surface area (Å²) in [6.45, 7) is 14.4. The molecule has 0 aromatic heterocycles. The first kappa shape index (κ1) is 23.7. The number of benzene rings is 2. The molecular formula is C26H36N2O2. The van der Waals surface area contributed by atoms with E-state index in [9.17, 15) is 9.59 Å². The van der Waals surface area contributed by atoms with Crippen LogP contribution in [0.15, 0.2) is 42.5 Å². The fourth-order valence-electron chi connectivity index (χ4n) is 3.45. The topological polar surface area (TPSA) is 49.4 Å². The number of rotatable bonds is 7. The zero-order chi connectivity index (χ0) is 22.5. The number of aryl methyl sites for hydroxylation is 3. The average Bonchev–Trinajstić information content (AvgIpc) is 2.64. The lowest BCUT2D eigenvalue weighted by molar-refractivity contribution is -0.141. The Morgan fingerprint density at radius 2 is 1.53 bits per heavy atom. The van der Waals surface area contributed by atoms with Crippen LogP contribution in [0.1, 0.15) is 61.9 Å². The number of carbonyl (C=O) groups is 2. The smallest absolute Gasteiger partial charge is 0.243 e. The maximum Gasteiger partial charge on any atom is 0.243 e. The Kier molecular flexibility index (Phi) is 7.83. The van der Waals surface area contributed by atoms with E-state index in [1.54, 1.807) is 4.90 Å². The summed E-state index contributed by atoms with van der Waals surface area (Å²) in [4.78, 5) is 28.2. The van der Waals surface area contributed by atoms with Gasteiger partial charge in [-0.25, -0.2) is 0 Å². The van der Waals surface area contributed by atoms with Crippen LogP contribution in [0, 0.1) is 20.8 Å². The van der Waals surface area contributed by atoms with Crippen LogP contribution in [-0.4, -0.2) is 28.3 Å². The van der Waals surface area contributed by atoms with Crippen molar-refractivity contribution in [2.75, 3.05) is 0 Å². The number of nitrogens with one attached hydrogen (secondary N) is 1. The van der Waals surface area contributed by atoms with Crippen LogP contribution in [0.4, 0.5) is 0 Å². The molecule has 0 spiro atoms. The average molecular weight is 409 g/mol. The first-order chi connectivity index (χ1) is 14.0. The second-order valence-corrected chi connectivity index (χ2v) is 9.27. The van der Waals surface area contributed by atoms with E-state index in [4.69, 9.17) is 0 Å². The van der Waals surface area contributed by atoms with E-state index in [-0.39, 0.29) is 23.8 Å². The second-order valence-electron chi connectivity index (χ2n) is 9.27. The minimum absolute atomic E-state index is 0.0327. The van der Waals surface area contributed by atoms with Crippen molar-refractivity contribution in [3.8, 4) is 0 Å². The van der Waals surface area contributed by atoms with Gasteiger partial charge in [-0.15, -0.1) is 0 Å². The molecule has 0 radical (unpaired) electrons. The molecule has 4 nitrogen and oxygen atoms in total. The molecule has 1 atom stereocenters. The van der Waals surface area contributed by atoms with E-state index in [0.717, 1.165) is 11.1 Å². The molecule has 0 aliphatic rings. The van der Waals surface area contributed by atoms with Crippen LogP contribution in [0.2, 0.25) is 0 Å².